The maximum atomic E-state index is 11.5. The number of carbonyl (C=O) groups excluding carboxylic acids is 1. The maximum absolute atomic E-state index is 11.5. The van der Waals surface area contributed by atoms with Crippen LogP contribution in [0.3, 0.4) is 0 Å². The fraction of sp³-hybridized carbons (Fsp3) is 0.357. The van der Waals surface area contributed by atoms with Crippen LogP contribution >= 0.6 is 11.8 Å². The van der Waals surface area contributed by atoms with Crippen molar-refractivity contribution in [3.8, 4) is 0 Å². The first-order valence-electron chi connectivity index (χ1n) is 6.03. The second-order valence-electron chi connectivity index (χ2n) is 3.80. The molecule has 0 spiro atoms. The number of carbonyl (C=O) groups is 1. The molecule has 0 radical (unpaired) electrons. The zero-order valence-electron chi connectivity index (χ0n) is 10.5. The maximum Gasteiger partial charge on any atom is 0.234 e. The van der Waals surface area contributed by atoms with Gasteiger partial charge >= 0.3 is 0 Å². The molecule has 0 unspecified atom stereocenters. The van der Waals surface area contributed by atoms with E-state index in [9.17, 15) is 4.79 Å². The summed E-state index contributed by atoms with van der Waals surface area (Å²) in [5.41, 5.74) is 1.12. The molecule has 0 aliphatic heterocycles. The summed E-state index contributed by atoms with van der Waals surface area (Å²) in [6, 6.07) is 9.90. The highest BCUT2D eigenvalue weighted by atomic mass is 32.2. The third kappa shape index (κ3) is 7.14. The molecule has 0 aromatic heterocycles. The van der Waals surface area contributed by atoms with Gasteiger partial charge in [-0.1, -0.05) is 36.4 Å². The molecule has 0 saturated carbocycles. The van der Waals surface area contributed by atoms with Crippen molar-refractivity contribution in [3.05, 3.63) is 48.6 Å². The van der Waals surface area contributed by atoms with Crippen molar-refractivity contribution < 1.29 is 4.79 Å². The van der Waals surface area contributed by atoms with Crippen LogP contribution in [0.15, 0.2) is 43.0 Å². The minimum atomic E-state index is 0.0348. The van der Waals surface area contributed by atoms with E-state index in [2.05, 4.69) is 17.2 Å². The summed E-state index contributed by atoms with van der Waals surface area (Å²) in [6.45, 7) is 5.47. The lowest BCUT2D eigenvalue weighted by atomic mass is 10.2. The van der Waals surface area contributed by atoms with Crippen molar-refractivity contribution in [1.29, 1.82) is 0 Å². The van der Waals surface area contributed by atoms with E-state index in [-0.39, 0.29) is 5.91 Å². The van der Waals surface area contributed by atoms with E-state index in [1.165, 1.54) is 0 Å². The van der Waals surface area contributed by atoms with Crippen molar-refractivity contribution in [2.24, 2.45) is 0 Å². The van der Waals surface area contributed by atoms with Gasteiger partial charge in [0.05, 0.1) is 6.54 Å². The van der Waals surface area contributed by atoms with Crippen LogP contribution in [0.4, 0.5) is 0 Å². The van der Waals surface area contributed by atoms with Crippen molar-refractivity contribution in [2.75, 3.05) is 24.6 Å². The van der Waals surface area contributed by atoms with Crippen LogP contribution in [0.1, 0.15) is 5.56 Å². The monoisotopic (exact) mass is 264 g/mol. The number of rotatable bonds is 9. The van der Waals surface area contributed by atoms with E-state index < -0.39 is 0 Å². The largest absolute Gasteiger partial charge is 0.351 e. The lowest BCUT2D eigenvalue weighted by Crippen LogP contribution is -2.34. The van der Waals surface area contributed by atoms with Crippen molar-refractivity contribution in [1.82, 2.24) is 10.6 Å². The molecule has 98 valence electrons. The van der Waals surface area contributed by atoms with Gasteiger partial charge in [-0.15, -0.1) is 6.58 Å². The number of hydrogen-bond acceptors (Lipinski definition) is 3. The summed E-state index contributed by atoms with van der Waals surface area (Å²) in [4.78, 5) is 11.5. The van der Waals surface area contributed by atoms with Crippen LogP contribution < -0.4 is 10.6 Å². The smallest absolute Gasteiger partial charge is 0.234 e. The number of nitrogens with one attached hydrogen (secondary N) is 2. The molecule has 0 saturated heterocycles. The number of thioether (sulfide) groups is 1. The van der Waals surface area contributed by atoms with Gasteiger partial charge in [-0.2, -0.15) is 11.8 Å². The number of benzene rings is 1. The average molecular weight is 264 g/mol. The molecule has 0 bridgehead atoms. The summed E-state index contributed by atoms with van der Waals surface area (Å²) < 4.78 is 0. The van der Waals surface area contributed by atoms with Crippen LogP contribution in [-0.4, -0.2) is 30.5 Å². The standard InChI is InChI=1S/C14H20N2OS/c1-2-9-18-10-8-15-12-14(17)16-11-13-6-4-3-5-7-13/h2-7,15H,1,8-12H2,(H,16,17). The zero-order valence-corrected chi connectivity index (χ0v) is 11.3. The summed E-state index contributed by atoms with van der Waals surface area (Å²) in [5, 5.41) is 5.99. The molecule has 1 aromatic rings. The predicted octanol–water partition coefficient (Wildman–Crippen LogP) is 1.81. The highest BCUT2D eigenvalue weighted by Crippen LogP contribution is 1.97. The Morgan fingerprint density at radius 3 is 2.83 bits per heavy atom. The van der Waals surface area contributed by atoms with Crippen molar-refractivity contribution in [2.45, 2.75) is 6.54 Å². The van der Waals surface area contributed by atoms with Crippen LogP contribution in [-0.2, 0) is 11.3 Å². The molecule has 0 aliphatic rings. The Balaban J connectivity index is 2.02. The summed E-state index contributed by atoms with van der Waals surface area (Å²) in [7, 11) is 0. The van der Waals surface area contributed by atoms with Crippen LogP contribution in [0.2, 0.25) is 0 Å². The molecule has 2 N–H and O–H groups in total. The minimum Gasteiger partial charge on any atom is -0.351 e. The molecule has 1 aromatic carbocycles. The second kappa shape index (κ2) is 9.74. The van der Waals surface area contributed by atoms with Gasteiger partial charge < -0.3 is 10.6 Å². The molecular formula is C14H20N2OS. The Labute approximate surface area is 113 Å². The van der Waals surface area contributed by atoms with Crippen LogP contribution in [0, 0.1) is 0 Å². The highest BCUT2D eigenvalue weighted by Gasteiger charge is 1.99. The molecule has 18 heavy (non-hydrogen) atoms. The Bertz CT molecular complexity index is 354. The fourth-order valence-electron chi connectivity index (χ4n) is 1.37. The summed E-state index contributed by atoms with van der Waals surface area (Å²) >= 11 is 1.80. The molecular weight excluding hydrogens is 244 g/mol. The predicted molar refractivity (Wildman–Crippen MR) is 78.7 cm³/mol. The van der Waals surface area contributed by atoms with Gasteiger partial charge in [0, 0.05) is 24.6 Å². The molecule has 0 fully saturated rings. The third-order valence-electron chi connectivity index (χ3n) is 2.28. The zero-order chi connectivity index (χ0) is 13.1. The van der Waals surface area contributed by atoms with Crippen molar-refractivity contribution >= 4 is 17.7 Å². The van der Waals surface area contributed by atoms with E-state index in [1.54, 1.807) is 11.8 Å². The fourth-order valence-corrected chi connectivity index (χ4v) is 1.99. The first-order valence-corrected chi connectivity index (χ1v) is 7.18. The molecule has 0 atom stereocenters. The van der Waals surface area contributed by atoms with E-state index in [4.69, 9.17) is 0 Å². The SMILES string of the molecule is C=CCSCCNCC(=O)NCc1ccccc1. The van der Waals surface area contributed by atoms with E-state index in [1.807, 2.05) is 36.4 Å². The van der Waals surface area contributed by atoms with Gasteiger partial charge in [-0.05, 0) is 5.56 Å². The first kappa shape index (κ1) is 14.8. The summed E-state index contributed by atoms with van der Waals surface area (Å²) in [5.74, 6) is 1.99. The Morgan fingerprint density at radius 2 is 2.11 bits per heavy atom. The van der Waals surface area contributed by atoms with Crippen LogP contribution in [0.5, 0.6) is 0 Å². The first-order chi connectivity index (χ1) is 8.83. The lowest BCUT2D eigenvalue weighted by Gasteiger charge is -2.06. The molecule has 3 nitrogen and oxygen atoms in total. The van der Waals surface area contributed by atoms with Crippen LogP contribution in [0.25, 0.3) is 0 Å². The van der Waals surface area contributed by atoms with Gasteiger partial charge in [0.1, 0.15) is 0 Å². The van der Waals surface area contributed by atoms with Gasteiger partial charge in [0.25, 0.3) is 0 Å². The molecule has 4 heteroatoms. The quantitative estimate of drug-likeness (QED) is 0.528. The van der Waals surface area contributed by atoms with Crippen molar-refractivity contribution in [3.63, 3.8) is 0 Å². The van der Waals surface area contributed by atoms with E-state index >= 15 is 0 Å². The van der Waals surface area contributed by atoms with Gasteiger partial charge in [0.2, 0.25) is 5.91 Å². The molecule has 0 heterocycles. The Hall–Kier alpha value is -1.26. The Morgan fingerprint density at radius 1 is 1.33 bits per heavy atom. The highest BCUT2D eigenvalue weighted by molar-refractivity contribution is 7.99. The second-order valence-corrected chi connectivity index (χ2v) is 4.95. The van der Waals surface area contributed by atoms with E-state index in [0.717, 1.165) is 23.6 Å². The Kier molecular flexibility index (Phi) is 8.01. The summed E-state index contributed by atoms with van der Waals surface area (Å²) in [6.07, 6.45) is 1.89. The van der Waals surface area contributed by atoms with Gasteiger partial charge in [0.15, 0.2) is 0 Å². The minimum absolute atomic E-state index is 0.0348. The van der Waals surface area contributed by atoms with Gasteiger partial charge in [-0.25, -0.2) is 0 Å². The normalized spacial score (nSPS) is 10.0. The molecule has 1 rings (SSSR count). The van der Waals surface area contributed by atoms with E-state index in [0.29, 0.717) is 13.1 Å². The number of hydrogen-bond donors (Lipinski definition) is 2. The lowest BCUT2D eigenvalue weighted by molar-refractivity contribution is -0.120. The average Bonchev–Trinajstić information content (AvgIpc) is 2.41. The number of amides is 1. The van der Waals surface area contributed by atoms with Gasteiger partial charge in [-0.3, -0.25) is 4.79 Å². The topological polar surface area (TPSA) is 41.1 Å². The third-order valence-corrected chi connectivity index (χ3v) is 3.24. The molecule has 1 amide bonds. The molecule has 0 aliphatic carbocycles.